The molecule has 0 radical (unpaired) electrons. The third kappa shape index (κ3) is 2.81. The van der Waals surface area contributed by atoms with E-state index in [9.17, 15) is 0 Å². The van der Waals surface area contributed by atoms with E-state index >= 15 is 0 Å². The van der Waals surface area contributed by atoms with Gasteiger partial charge < -0.3 is 4.90 Å². The number of nitrogens with one attached hydrogen (secondary N) is 1. The Kier molecular flexibility index (Phi) is 4.25. The van der Waals surface area contributed by atoms with Crippen LogP contribution < -0.4 is 4.90 Å². The molecule has 4 aromatic rings. The Balaban J connectivity index is 2.01. The number of fused-ring (bicyclic) bond motifs is 2. The summed E-state index contributed by atoms with van der Waals surface area (Å²) in [7, 11) is 2.30. The number of rotatable bonds is 4. The lowest BCUT2D eigenvalue weighted by Crippen LogP contribution is -3.09. The zero-order valence-corrected chi connectivity index (χ0v) is 14.9. The molecule has 1 nitrogen and oxygen atoms in total. The standard InChI is InChI=1S/C24H23N/c1-3-25(2)24(22-16-8-12-18-10-4-6-14-20(18)22)23-17-9-13-19-11-5-7-15-21(19)23/h4-17,24H,3H2,1-2H3/p+1. The largest absolute Gasteiger partial charge is 0.328 e. The van der Waals surface area contributed by atoms with Gasteiger partial charge >= 0.3 is 0 Å². The number of hydrogen-bond donors (Lipinski definition) is 1. The normalized spacial score (nSPS) is 12.8. The van der Waals surface area contributed by atoms with E-state index in [1.165, 1.54) is 37.6 Å². The summed E-state index contributed by atoms with van der Waals surface area (Å²) in [6.07, 6.45) is 0. The van der Waals surface area contributed by atoms with Crippen LogP contribution in [-0.2, 0) is 0 Å². The molecule has 1 unspecified atom stereocenters. The highest BCUT2D eigenvalue weighted by molar-refractivity contribution is 5.89. The van der Waals surface area contributed by atoms with Gasteiger partial charge in [-0.05, 0) is 28.5 Å². The highest BCUT2D eigenvalue weighted by Crippen LogP contribution is 2.31. The molecule has 1 heteroatoms. The van der Waals surface area contributed by atoms with E-state index in [0.717, 1.165) is 6.54 Å². The van der Waals surface area contributed by atoms with Crippen molar-refractivity contribution in [2.75, 3.05) is 13.6 Å². The Labute approximate surface area is 149 Å². The fourth-order valence-electron chi connectivity index (χ4n) is 3.91. The first-order valence-corrected chi connectivity index (χ1v) is 9.07. The van der Waals surface area contributed by atoms with Crippen LogP contribution in [0.5, 0.6) is 0 Å². The molecule has 1 N–H and O–H groups in total. The second-order valence-electron chi connectivity index (χ2n) is 6.77. The zero-order valence-electron chi connectivity index (χ0n) is 14.9. The van der Waals surface area contributed by atoms with Gasteiger partial charge in [-0.1, -0.05) is 84.9 Å². The molecule has 0 heterocycles. The van der Waals surface area contributed by atoms with Gasteiger partial charge in [-0.25, -0.2) is 0 Å². The molecule has 0 saturated carbocycles. The molecular formula is C24H24N+. The Bertz CT molecular complexity index is 929. The lowest BCUT2D eigenvalue weighted by molar-refractivity contribution is -0.903. The van der Waals surface area contributed by atoms with Crippen molar-refractivity contribution in [3.05, 3.63) is 96.1 Å². The minimum Gasteiger partial charge on any atom is -0.328 e. The Morgan fingerprint density at radius 3 is 1.56 bits per heavy atom. The van der Waals surface area contributed by atoms with Crippen LogP contribution in [-0.4, -0.2) is 13.6 Å². The third-order valence-electron chi connectivity index (χ3n) is 5.32. The van der Waals surface area contributed by atoms with Crippen molar-refractivity contribution in [2.45, 2.75) is 13.0 Å². The van der Waals surface area contributed by atoms with Crippen LogP contribution in [0.4, 0.5) is 0 Å². The molecule has 4 rings (SSSR count). The summed E-state index contributed by atoms with van der Waals surface area (Å²) in [5.74, 6) is 0. The smallest absolute Gasteiger partial charge is 0.140 e. The highest BCUT2D eigenvalue weighted by atomic mass is 15.1. The molecule has 0 bridgehead atoms. The molecule has 0 spiro atoms. The molecule has 25 heavy (non-hydrogen) atoms. The summed E-state index contributed by atoms with van der Waals surface area (Å²) in [5.41, 5.74) is 2.82. The first-order valence-electron chi connectivity index (χ1n) is 9.07. The van der Waals surface area contributed by atoms with Gasteiger partial charge in [0, 0.05) is 11.1 Å². The van der Waals surface area contributed by atoms with Crippen molar-refractivity contribution in [1.29, 1.82) is 0 Å². The summed E-state index contributed by atoms with van der Waals surface area (Å²) < 4.78 is 0. The number of hydrogen-bond acceptors (Lipinski definition) is 0. The van der Waals surface area contributed by atoms with Crippen molar-refractivity contribution >= 4 is 21.5 Å². The van der Waals surface area contributed by atoms with Crippen LogP contribution in [0, 0.1) is 0 Å². The fraction of sp³-hybridized carbons (Fsp3) is 0.167. The van der Waals surface area contributed by atoms with E-state index in [0.29, 0.717) is 6.04 Å². The van der Waals surface area contributed by atoms with Gasteiger partial charge in [-0.2, -0.15) is 0 Å². The highest BCUT2D eigenvalue weighted by Gasteiger charge is 2.25. The van der Waals surface area contributed by atoms with Gasteiger partial charge in [0.05, 0.1) is 13.6 Å². The summed E-state index contributed by atoms with van der Waals surface area (Å²) in [6, 6.07) is 31.2. The van der Waals surface area contributed by atoms with Crippen molar-refractivity contribution in [2.24, 2.45) is 0 Å². The molecule has 0 saturated heterocycles. The molecule has 0 amide bonds. The maximum Gasteiger partial charge on any atom is 0.140 e. The minimum absolute atomic E-state index is 0.321. The second kappa shape index (κ2) is 6.70. The van der Waals surface area contributed by atoms with Gasteiger partial charge in [0.15, 0.2) is 0 Å². The predicted molar refractivity (Wildman–Crippen MR) is 107 cm³/mol. The molecular weight excluding hydrogens is 302 g/mol. The maximum atomic E-state index is 2.30. The van der Waals surface area contributed by atoms with Gasteiger partial charge in [-0.15, -0.1) is 0 Å². The van der Waals surface area contributed by atoms with E-state index in [1.54, 1.807) is 0 Å². The van der Waals surface area contributed by atoms with Crippen molar-refractivity contribution in [1.82, 2.24) is 0 Å². The van der Waals surface area contributed by atoms with E-state index < -0.39 is 0 Å². The molecule has 124 valence electrons. The molecule has 1 atom stereocenters. The lowest BCUT2D eigenvalue weighted by Gasteiger charge is -2.27. The lowest BCUT2D eigenvalue weighted by atomic mass is 9.90. The topological polar surface area (TPSA) is 4.44 Å². The third-order valence-corrected chi connectivity index (χ3v) is 5.32. The van der Waals surface area contributed by atoms with Crippen molar-refractivity contribution < 1.29 is 4.90 Å². The van der Waals surface area contributed by atoms with Gasteiger partial charge in [-0.3, -0.25) is 0 Å². The molecule has 0 aromatic heterocycles. The number of benzene rings is 4. The predicted octanol–water partition coefficient (Wildman–Crippen LogP) is 4.62. The summed E-state index contributed by atoms with van der Waals surface area (Å²) >= 11 is 0. The minimum atomic E-state index is 0.321. The molecule has 0 aliphatic carbocycles. The number of quaternary nitrogens is 1. The van der Waals surface area contributed by atoms with Crippen molar-refractivity contribution in [3.63, 3.8) is 0 Å². The Morgan fingerprint density at radius 2 is 1.08 bits per heavy atom. The fourth-order valence-corrected chi connectivity index (χ4v) is 3.91. The Morgan fingerprint density at radius 1 is 0.640 bits per heavy atom. The summed E-state index contributed by atoms with van der Waals surface area (Å²) in [5, 5.41) is 5.34. The summed E-state index contributed by atoms with van der Waals surface area (Å²) in [6.45, 7) is 3.34. The first kappa shape index (κ1) is 15.9. The van der Waals surface area contributed by atoms with Crippen LogP contribution in [0.2, 0.25) is 0 Å². The van der Waals surface area contributed by atoms with Crippen LogP contribution in [0.25, 0.3) is 21.5 Å². The monoisotopic (exact) mass is 326 g/mol. The van der Waals surface area contributed by atoms with E-state index in [2.05, 4.69) is 98.9 Å². The van der Waals surface area contributed by atoms with Crippen LogP contribution in [0.3, 0.4) is 0 Å². The second-order valence-corrected chi connectivity index (χ2v) is 6.77. The average Bonchev–Trinajstić information content (AvgIpc) is 2.68. The zero-order chi connectivity index (χ0) is 17.2. The quantitative estimate of drug-likeness (QED) is 0.558. The van der Waals surface area contributed by atoms with Gasteiger partial charge in [0.2, 0.25) is 0 Å². The molecule has 0 aliphatic heterocycles. The average molecular weight is 326 g/mol. The van der Waals surface area contributed by atoms with E-state index in [4.69, 9.17) is 0 Å². The first-order chi connectivity index (χ1) is 12.3. The van der Waals surface area contributed by atoms with Gasteiger partial charge in [0.1, 0.15) is 6.04 Å². The van der Waals surface area contributed by atoms with Crippen LogP contribution >= 0.6 is 0 Å². The molecule has 4 aromatic carbocycles. The summed E-state index contributed by atoms with van der Waals surface area (Å²) in [4.78, 5) is 1.51. The van der Waals surface area contributed by atoms with E-state index in [-0.39, 0.29) is 0 Å². The molecule has 0 aliphatic rings. The molecule has 0 fully saturated rings. The SMILES string of the molecule is CC[NH+](C)C(c1cccc2ccccc12)c1cccc2ccccc12. The Hall–Kier alpha value is -2.64. The maximum absolute atomic E-state index is 2.30. The van der Waals surface area contributed by atoms with Crippen LogP contribution in [0.1, 0.15) is 24.1 Å². The van der Waals surface area contributed by atoms with Crippen molar-refractivity contribution in [3.8, 4) is 0 Å². The van der Waals surface area contributed by atoms with E-state index in [1.807, 2.05) is 0 Å². The van der Waals surface area contributed by atoms with Gasteiger partial charge in [0.25, 0.3) is 0 Å². The van der Waals surface area contributed by atoms with Crippen LogP contribution in [0.15, 0.2) is 84.9 Å².